The molecule has 0 fully saturated rings. The van der Waals surface area contributed by atoms with Crippen molar-refractivity contribution in [2.24, 2.45) is 0 Å². The lowest BCUT2D eigenvalue weighted by Gasteiger charge is -2.10. The van der Waals surface area contributed by atoms with Gasteiger partial charge in [0.15, 0.2) is 0 Å². The van der Waals surface area contributed by atoms with E-state index in [0.717, 1.165) is 22.3 Å². The third kappa shape index (κ3) is 6.30. The summed E-state index contributed by atoms with van der Waals surface area (Å²) < 4.78 is 16.0. The molecule has 118 valence electrons. The van der Waals surface area contributed by atoms with Crippen LogP contribution in [0, 0.1) is 31.6 Å². The Morgan fingerprint density at radius 2 is 1.50 bits per heavy atom. The van der Waals surface area contributed by atoms with Crippen molar-refractivity contribution in [3.05, 3.63) is 34.4 Å². The molecule has 0 radical (unpaired) electrons. The van der Waals surface area contributed by atoms with E-state index in [0.29, 0.717) is 39.6 Å². The maximum absolute atomic E-state index is 8.53. The number of hydrogen-bond donors (Lipinski definition) is 1. The second kappa shape index (κ2) is 10.8. The van der Waals surface area contributed by atoms with Gasteiger partial charge in [-0.3, -0.25) is 0 Å². The van der Waals surface area contributed by atoms with Gasteiger partial charge in [0.2, 0.25) is 0 Å². The van der Waals surface area contributed by atoms with Crippen LogP contribution < -0.4 is 0 Å². The number of aliphatic hydroxyl groups is 1. The lowest BCUT2D eigenvalue weighted by molar-refractivity contribution is 0.00448. The van der Waals surface area contributed by atoms with Crippen LogP contribution >= 0.6 is 0 Å². The monoisotopic (exact) mass is 302 g/mol. The fourth-order valence-electron chi connectivity index (χ4n) is 1.85. The molecular formula is C18H22O4. The van der Waals surface area contributed by atoms with Crippen molar-refractivity contribution in [1.82, 2.24) is 0 Å². The van der Waals surface area contributed by atoms with Crippen LogP contribution in [0.3, 0.4) is 0 Å². The van der Waals surface area contributed by atoms with Gasteiger partial charge in [-0.15, -0.1) is 12.8 Å². The highest BCUT2D eigenvalue weighted by atomic mass is 16.5. The van der Waals surface area contributed by atoms with E-state index in [1.54, 1.807) is 0 Å². The van der Waals surface area contributed by atoms with Crippen LogP contribution in [0.5, 0.6) is 0 Å². The Morgan fingerprint density at radius 3 is 2.09 bits per heavy atom. The van der Waals surface area contributed by atoms with Gasteiger partial charge in [-0.25, -0.2) is 0 Å². The highest BCUT2D eigenvalue weighted by molar-refractivity contribution is 5.50. The van der Waals surface area contributed by atoms with Crippen molar-refractivity contribution in [2.45, 2.75) is 13.5 Å². The van der Waals surface area contributed by atoms with Crippen LogP contribution in [0.1, 0.15) is 22.3 Å². The average Bonchev–Trinajstić information content (AvgIpc) is 2.54. The van der Waals surface area contributed by atoms with E-state index in [-0.39, 0.29) is 6.61 Å². The first-order valence-corrected chi connectivity index (χ1v) is 7.13. The van der Waals surface area contributed by atoms with E-state index in [4.69, 9.17) is 32.2 Å². The summed E-state index contributed by atoms with van der Waals surface area (Å²) in [5.41, 5.74) is 3.53. The Morgan fingerprint density at radius 1 is 0.909 bits per heavy atom. The normalized spacial score (nSPS) is 10.2. The Hall–Kier alpha value is -1.82. The zero-order chi connectivity index (χ0) is 16.2. The fraction of sp³-hybridized carbons (Fsp3) is 0.444. The van der Waals surface area contributed by atoms with Crippen LogP contribution in [-0.2, 0) is 20.8 Å². The SMILES string of the molecule is C#Cc1cc(COCCOCCOCCO)c(C#C)cc1C. The van der Waals surface area contributed by atoms with Gasteiger partial charge in [-0.1, -0.05) is 11.8 Å². The topological polar surface area (TPSA) is 47.9 Å². The second-order valence-electron chi connectivity index (χ2n) is 4.61. The molecule has 0 spiro atoms. The first kappa shape index (κ1) is 18.2. The molecule has 0 amide bonds. The van der Waals surface area contributed by atoms with Crippen LogP contribution in [0.25, 0.3) is 0 Å². The predicted molar refractivity (Wildman–Crippen MR) is 85.4 cm³/mol. The molecule has 0 aromatic heterocycles. The van der Waals surface area contributed by atoms with Gasteiger partial charge in [-0.2, -0.15) is 0 Å². The molecule has 0 unspecified atom stereocenters. The van der Waals surface area contributed by atoms with E-state index in [1.165, 1.54) is 0 Å². The van der Waals surface area contributed by atoms with Crippen molar-refractivity contribution in [1.29, 1.82) is 0 Å². The van der Waals surface area contributed by atoms with E-state index in [1.807, 2.05) is 19.1 Å². The molecule has 0 heterocycles. The molecule has 0 aliphatic rings. The van der Waals surface area contributed by atoms with Crippen molar-refractivity contribution in [2.75, 3.05) is 39.6 Å². The second-order valence-corrected chi connectivity index (χ2v) is 4.61. The summed E-state index contributed by atoms with van der Waals surface area (Å²) in [5, 5.41) is 8.53. The molecule has 4 nitrogen and oxygen atoms in total. The Labute approximate surface area is 132 Å². The minimum absolute atomic E-state index is 0.0246. The molecule has 22 heavy (non-hydrogen) atoms. The molecule has 1 aromatic carbocycles. The summed E-state index contributed by atoms with van der Waals surface area (Å²) >= 11 is 0. The van der Waals surface area contributed by atoms with Gasteiger partial charge in [0, 0.05) is 11.1 Å². The number of ether oxygens (including phenoxy) is 3. The quantitative estimate of drug-likeness (QED) is 0.525. The third-order valence-corrected chi connectivity index (χ3v) is 3.00. The molecule has 1 rings (SSSR count). The van der Waals surface area contributed by atoms with Crippen LogP contribution in [0.2, 0.25) is 0 Å². The van der Waals surface area contributed by atoms with Crippen molar-refractivity contribution < 1.29 is 19.3 Å². The van der Waals surface area contributed by atoms with E-state index >= 15 is 0 Å². The lowest BCUT2D eigenvalue weighted by atomic mass is 10.0. The van der Waals surface area contributed by atoms with Gasteiger partial charge in [-0.05, 0) is 30.2 Å². The number of aryl methyl sites for hydroxylation is 1. The highest BCUT2D eigenvalue weighted by Gasteiger charge is 2.05. The van der Waals surface area contributed by atoms with Crippen LogP contribution in [0.4, 0.5) is 0 Å². The Kier molecular flexibility index (Phi) is 8.98. The summed E-state index contributed by atoms with van der Waals surface area (Å²) in [4.78, 5) is 0. The van der Waals surface area contributed by atoms with Crippen molar-refractivity contribution >= 4 is 0 Å². The molecule has 0 aliphatic carbocycles. The zero-order valence-electron chi connectivity index (χ0n) is 12.9. The smallest absolute Gasteiger partial charge is 0.0730 e. The van der Waals surface area contributed by atoms with E-state index in [2.05, 4.69) is 11.8 Å². The van der Waals surface area contributed by atoms with Gasteiger partial charge in [0.05, 0.1) is 46.2 Å². The molecule has 1 N–H and O–H groups in total. The highest BCUT2D eigenvalue weighted by Crippen LogP contribution is 2.16. The summed E-state index contributed by atoms with van der Waals surface area (Å²) in [6.45, 7) is 4.57. The summed E-state index contributed by atoms with van der Waals surface area (Å²) in [6, 6.07) is 3.80. The molecule has 0 saturated heterocycles. The Bertz CT molecular complexity index is 537. The summed E-state index contributed by atoms with van der Waals surface area (Å²) in [6.07, 6.45) is 11.0. The van der Waals surface area contributed by atoms with Crippen molar-refractivity contribution in [3.8, 4) is 24.7 Å². The van der Waals surface area contributed by atoms with Gasteiger partial charge >= 0.3 is 0 Å². The maximum atomic E-state index is 8.53. The standard InChI is InChI=1S/C18H22O4/c1-4-16-13-18(17(5-2)12-15(16)3)14-22-11-10-21-9-8-20-7-6-19/h1-2,12-13,19H,6-11,14H2,3H3. The number of aliphatic hydroxyl groups excluding tert-OH is 1. The zero-order valence-corrected chi connectivity index (χ0v) is 12.9. The number of terminal acetylenes is 2. The first-order valence-electron chi connectivity index (χ1n) is 7.13. The summed E-state index contributed by atoms with van der Waals surface area (Å²) in [7, 11) is 0. The predicted octanol–water partition coefficient (Wildman–Crippen LogP) is 1.50. The number of rotatable bonds is 10. The molecule has 1 aromatic rings. The first-order chi connectivity index (χ1) is 10.7. The Balaban J connectivity index is 2.31. The average molecular weight is 302 g/mol. The van der Waals surface area contributed by atoms with Gasteiger partial charge < -0.3 is 19.3 Å². The molecule has 0 atom stereocenters. The van der Waals surface area contributed by atoms with Crippen LogP contribution in [0.15, 0.2) is 12.1 Å². The molecule has 0 saturated carbocycles. The lowest BCUT2D eigenvalue weighted by Crippen LogP contribution is -2.11. The van der Waals surface area contributed by atoms with Gasteiger partial charge in [0.25, 0.3) is 0 Å². The fourth-order valence-corrected chi connectivity index (χ4v) is 1.85. The molecule has 0 bridgehead atoms. The number of hydrogen-bond acceptors (Lipinski definition) is 4. The largest absolute Gasteiger partial charge is 0.394 e. The van der Waals surface area contributed by atoms with Crippen molar-refractivity contribution in [3.63, 3.8) is 0 Å². The third-order valence-electron chi connectivity index (χ3n) is 3.00. The summed E-state index contributed by atoms with van der Waals surface area (Å²) in [5.74, 6) is 5.29. The van der Waals surface area contributed by atoms with E-state index < -0.39 is 0 Å². The number of benzene rings is 1. The molecule has 0 aliphatic heterocycles. The van der Waals surface area contributed by atoms with Gasteiger partial charge in [0.1, 0.15) is 0 Å². The minimum Gasteiger partial charge on any atom is -0.394 e. The minimum atomic E-state index is 0.0246. The van der Waals surface area contributed by atoms with E-state index in [9.17, 15) is 0 Å². The molecular weight excluding hydrogens is 280 g/mol. The molecule has 4 heteroatoms. The maximum Gasteiger partial charge on any atom is 0.0730 e. The van der Waals surface area contributed by atoms with Crippen LogP contribution in [-0.4, -0.2) is 44.7 Å².